The van der Waals surface area contributed by atoms with E-state index >= 15 is 0 Å². The van der Waals surface area contributed by atoms with Gasteiger partial charge in [0.05, 0.1) is 23.9 Å². The van der Waals surface area contributed by atoms with Crippen LogP contribution in [0.4, 0.5) is 5.69 Å². The molecule has 43 heavy (non-hydrogen) atoms. The van der Waals surface area contributed by atoms with Crippen molar-refractivity contribution in [3.63, 3.8) is 0 Å². The first-order chi connectivity index (χ1) is 20.6. The summed E-state index contributed by atoms with van der Waals surface area (Å²) in [5.41, 5.74) is 8.33. The van der Waals surface area contributed by atoms with Crippen molar-refractivity contribution in [2.45, 2.75) is 32.4 Å². The molecule has 10 nitrogen and oxygen atoms in total. The second-order valence-corrected chi connectivity index (χ2v) is 12.4. The van der Waals surface area contributed by atoms with Crippen molar-refractivity contribution >= 4 is 45.2 Å². The third kappa shape index (κ3) is 9.28. The molecule has 1 fully saturated rings. The van der Waals surface area contributed by atoms with E-state index < -0.39 is 21.7 Å². The van der Waals surface area contributed by atoms with Gasteiger partial charge in [0, 0.05) is 37.6 Å². The van der Waals surface area contributed by atoms with Crippen molar-refractivity contribution in [3.05, 3.63) is 94.8 Å². The number of halogens is 1. The summed E-state index contributed by atoms with van der Waals surface area (Å²) in [6.45, 7) is 4.19. The van der Waals surface area contributed by atoms with Crippen LogP contribution in [0.1, 0.15) is 36.5 Å². The Morgan fingerprint density at radius 1 is 1.19 bits per heavy atom. The summed E-state index contributed by atoms with van der Waals surface area (Å²) in [6.07, 6.45) is 8.65. The fraction of sp³-hybridized carbons (Fsp3) is 0.323. The average Bonchev–Trinajstić information content (AvgIpc) is 2.98. The lowest BCUT2D eigenvalue weighted by molar-refractivity contribution is -0.139. The van der Waals surface area contributed by atoms with Crippen molar-refractivity contribution in [1.29, 1.82) is 5.41 Å². The number of hydrogen-bond acceptors (Lipinski definition) is 8. The summed E-state index contributed by atoms with van der Waals surface area (Å²) in [5.74, 6) is -1.26. The van der Waals surface area contributed by atoms with Gasteiger partial charge in [0.1, 0.15) is 17.7 Å². The lowest BCUT2D eigenvalue weighted by atomic mass is 10.1. The molecule has 2 aromatic carbocycles. The third-order valence-corrected chi connectivity index (χ3v) is 8.81. The average molecular weight is 626 g/mol. The topological polar surface area (TPSA) is 139 Å². The van der Waals surface area contributed by atoms with Crippen LogP contribution < -0.4 is 14.8 Å². The van der Waals surface area contributed by atoms with Crippen molar-refractivity contribution in [3.8, 4) is 5.75 Å². The van der Waals surface area contributed by atoms with Crippen molar-refractivity contribution in [1.82, 2.24) is 9.88 Å². The van der Waals surface area contributed by atoms with Gasteiger partial charge in [-0.2, -0.15) is 0 Å². The number of rotatable bonds is 13. The first kappa shape index (κ1) is 32.0. The number of anilines is 1. The smallest absolute Gasteiger partial charge is 0.323 e. The van der Waals surface area contributed by atoms with Crippen LogP contribution in [-0.2, 0) is 26.1 Å². The Labute approximate surface area is 257 Å². The molecule has 1 aliphatic heterocycles. The summed E-state index contributed by atoms with van der Waals surface area (Å²) in [7, 11) is -4.12. The molecule has 4 rings (SSSR count). The van der Waals surface area contributed by atoms with E-state index in [9.17, 15) is 13.2 Å². The molecule has 0 aliphatic carbocycles. The van der Waals surface area contributed by atoms with E-state index in [1.807, 2.05) is 18.3 Å². The number of aromatic nitrogens is 1. The molecular weight excluding hydrogens is 590 g/mol. The molecule has 228 valence electrons. The molecule has 1 aliphatic rings. The molecule has 0 unspecified atom stereocenters. The predicted molar refractivity (Wildman–Crippen MR) is 169 cm³/mol. The molecule has 3 N–H and O–H groups in total. The van der Waals surface area contributed by atoms with Gasteiger partial charge in [-0.25, -0.2) is 8.42 Å². The van der Waals surface area contributed by atoms with E-state index in [4.69, 9.17) is 32.2 Å². The van der Waals surface area contributed by atoms with Gasteiger partial charge in [-0.15, -0.1) is 0 Å². The molecule has 2 heterocycles. The standard InChI is InChI=1S/C31H36ClN5O5S/c1-2-41-30(38)22-43(39,40)37(15-5-8-23-6-3-9-25(18-23)31(33)34)26-10-11-29(28(32)19-26)42-27-12-16-36(17-13-27)21-24-7-4-14-35-20-24/h3-11,14,18-20,27H,2,12-13,15-17,21-22H2,1H3,(H3,33,34)/b8-5+. The Morgan fingerprint density at radius 2 is 1.98 bits per heavy atom. The molecule has 1 saturated heterocycles. The maximum absolute atomic E-state index is 13.3. The van der Waals surface area contributed by atoms with Crippen LogP contribution in [0.15, 0.2) is 73.1 Å². The van der Waals surface area contributed by atoms with Crippen LogP contribution >= 0.6 is 11.6 Å². The van der Waals surface area contributed by atoms with E-state index in [2.05, 4.69) is 16.0 Å². The summed E-state index contributed by atoms with van der Waals surface area (Å²) < 4.78 is 38.9. The fourth-order valence-electron chi connectivity index (χ4n) is 4.76. The van der Waals surface area contributed by atoms with Gasteiger partial charge in [-0.05, 0) is 61.2 Å². The fourth-order valence-corrected chi connectivity index (χ4v) is 6.26. The number of ether oxygens (including phenoxy) is 2. The summed E-state index contributed by atoms with van der Waals surface area (Å²) in [4.78, 5) is 18.7. The Hall–Kier alpha value is -3.93. The maximum atomic E-state index is 13.3. The number of nitrogens with two attached hydrogens (primary N) is 1. The number of carbonyl (C=O) groups excluding carboxylic acids is 1. The predicted octanol–water partition coefficient (Wildman–Crippen LogP) is 4.48. The summed E-state index contributed by atoms with van der Waals surface area (Å²) in [5, 5.41) is 7.90. The number of carbonyl (C=O) groups is 1. The third-order valence-electron chi connectivity index (χ3n) is 6.88. The van der Waals surface area contributed by atoms with Crippen molar-refractivity contribution in [2.24, 2.45) is 5.73 Å². The van der Waals surface area contributed by atoms with Gasteiger partial charge in [0.15, 0.2) is 5.75 Å². The zero-order valence-electron chi connectivity index (χ0n) is 24.0. The minimum atomic E-state index is -4.12. The van der Waals surface area contributed by atoms with Gasteiger partial charge in [0.25, 0.3) is 0 Å². The zero-order valence-corrected chi connectivity index (χ0v) is 25.6. The molecule has 3 aromatic rings. The number of amidine groups is 1. The highest BCUT2D eigenvalue weighted by molar-refractivity contribution is 7.93. The monoisotopic (exact) mass is 625 g/mol. The van der Waals surface area contributed by atoms with Crippen LogP contribution in [0.3, 0.4) is 0 Å². The molecule has 0 atom stereocenters. The van der Waals surface area contributed by atoms with Crippen molar-refractivity contribution < 1.29 is 22.7 Å². The second-order valence-electron chi connectivity index (χ2n) is 10.1. The first-order valence-corrected chi connectivity index (χ1v) is 16.0. The molecule has 0 radical (unpaired) electrons. The minimum absolute atomic E-state index is 0.0224. The normalized spacial score (nSPS) is 14.5. The van der Waals surface area contributed by atoms with Crippen molar-refractivity contribution in [2.75, 3.05) is 36.3 Å². The highest BCUT2D eigenvalue weighted by Crippen LogP contribution is 2.33. The van der Waals surface area contributed by atoms with Gasteiger partial charge < -0.3 is 15.2 Å². The van der Waals surface area contributed by atoms with Gasteiger partial charge in [-0.3, -0.25) is 24.4 Å². The van der Waals surface area contributed by atoms with E-state index in [0.717, 1.165) is 42.3 Å². The molecule has 0 amide bonds. The van der Waals surface area contributed by atoms with Crippen LogP contribution in [0.5, 0.6) is 5.75 Å². The molecule has 0 saturated carbocycles. The number of pyridine rings is 1. The zero-order chi connectivity index (χ0) is 30.8. The van der Waals surface area contributed by atoms with Gasteiger partial charge in [-0.1, -0.05) is 48.0 Å². The lowest BCUT2D eigenvalue weighted by Crippen LogP contribution is -2.38. The van der Waals surface area contributed by atoms with Crippen LogP contribution in [0.25, 0.3) is 6.08 Å². The molecule has 12 heteroatoms. The van der Waals surface area contributed by atoms with Gasteiger partial charge in [0.2, 0.25) is 10.0 Å². The van der Waals surface area contributed by atoms with E-state index in [1.165, 1.54) is 11.6 Å². The number of hydrogen-bond donors (Lipinski definition) is 2. The largest absolute Gasteiger partial charge is 0.489 e. The summed E-state index contributed by atoms with van der Waals surface area (Å²) >= 11 is 6.61. The molecule has 0 spiro atoms. The number of nitrogen functional groups attached to an aromatic ring is 1. The number of sulfonamides is 1. The number of nitrogens with zero attached hydrogens (tertiary/aromatic N) is 3. The maximum Gasteiger partial charge on any atom is 0.323 e. The van der Waals surface area contributed by atoms with Crippen LogP contribution in [-0.4, -0.2) is 68.2 Å². The second kappa shape index (κ2) is 15.0. The number of likely N-dealkylation sites (tertiary alicyclic amines) is 1. The summed E-state index contributed by atoms with van der Waals surface area (Å²) in [6, 6.07) is 15.8. The highest BCUT2D eigenvalue weighted by atomic mass is 35.5. The number of esters is 1. The Morgan fingerprint density at radius 3 is 2.65 bits per heavy atom. The van der Waals surface area contributed by atoms with Crippen LogP contribution in [0, 0.1) is 5.41 Å². The molecule has 0 bridgehead atoms. The van der Waals surface area contributed by atoms with E-state index in [1.54, 1.807) is 55.6 Å². The minimum Gasteiger partial charge on any atom is -0.489 e. The van der Waals surface area contributed by atoms with E-state index in [-0.39, 0.29) is 35.8 Å². The Balaban J connectivity index is 1.46. The number of benzene rings is 2. The highest BCUT2D eigenvalue weighted by Gasteiger charge is 2.27. The number of piperidine rings is 1. The molecule has 1 aromatic heterocycles. The SMILES string of the molecule is CCOC(=O)CS(=O)(=O)N(C/C=C/c1cccc(C(=N)N)c1)c1ccc(OC2CCN(Cc3cccnc3)CC2)c(Cl)c1. The quantitative estimate of drug-likeness (QED) is 0.161. The number of nitrogens with one attached hydrogen (secondary N) is 1. The first-order valence-electron chi connectivity index (χ1n) is 14.0. The van der Waals surface area contributed by atoms with Crippen LogP contribution in [0.2, 0.25) is 5.02 Å². The van der Waals surface area contributed by atoms with Gasteiger partial charge >= 0.3 is 5.97 Å². The lowest BCUT2D eigenvalue weighted by Gasteiger charge is -2.32. The Bertz CT molecular complexity index is 1540. The van der Waals surface area contributed by atoms with E-state index in [0.29, 0.717) is 11.3 Å². The molecular formula is C31H36ClN5O5S. The Kier molecular flexibility index (Phi) is 11.2.